The SMILES string of the molecule is CC(C)c1ccc(Cl)c(S(=O)(=O)N2CC[C@H](N)C2)c1. The minimum atomic E-state index is -3.54. The van der Waals surface area contributed by atoms with E-state index < -0.39 is 10.0 Å². The Labute approximate surface area is 119 Å². The molecule has 1 aromatic rings. The second kappa shape index (κ2) is 5.40. The lowest BCUT2D eigenvalue weighted by atomic mass is 10.0. The van der Waals surface area contributed by atoms with Crippen LogP contribution in [-0.4, -0.2) is 31.9 Å². The van der Waals surface area contributed by atoms with E-state index in [1.54, 1.807) is 12.1 Å². The lowest BCUT2D eigenvalue weighted by molar-refractivity contribution is 0.472. The minimum Gasteiger partial charge on any atom is -0.326 e. The van der Waals surface area contributed by atoms with E-state index in [1.165, 1.54) is 4.31 Å². The van der Waals surface area contributed by atoms with Crippen molar-refractivity contribution in [2.45, 2.75) is 37.1 Å². The zero-order chi connectivity index (χ0) is 14.2. The summed E-state index contributed by atoms with van der Waals surface area (Å²) in [6.07, 6.45) is 0.695. The predicted molar refractivity (Wildman–Crippen MR) is 76.9 cm³/mol. The maximum absolute atomic E-state index is 12.6. The molecular weight excluding hydrogens is 284 g/mol. The summed E-state index contributed by atoms with van der Waals surface area (Å²) >= 11 is 6.06. The summed E-state index contributed by atoms with van der Waals surface area (Å²) in [7, 11) is -3.54. The predicted octanol–water partition coefficient (Wildman–Crippen LogP) is 2.19. The lowest BCUT2D eigenvalue weighted by Crippen LogP contribution is -2.32. The van der Waals surface area contributed by atoms with Crippen LogP contribution in [-0.2, 0) is 10.0 Å². The highest BCUT2D eigenvalue weighted by molar-refractivity contribution is 7.89. The normalized spacial score (nSPS) is 21.2. The molecule has 0 spiro atoms. The quantitative estimate of drug-likeness (QED) is 0.931. The van der Waals surface area contributed by atoms with E-state index >= 15 is 0 Å². The highest BCUT2D eigenvalue weighted by atomic mass is 35.5. The van der Waals surface area contributed by atoms with Crippen molar-refractivity contribution in [3.05, 3.63) is 28.8 Å². The maximum Gasteiger partial charge on any atom is 0.244 e. The van der Waals surface area contributed by atoms with E-state index in [2.05, 4.69) is 0 Å². The van der Waals surface area contributed by atoms with Crippen molar-refractivity contribution < 1.29 is 8.42 Å². The van der Waals surface area contributed by atoms with Gasteiger partial charge in [-0.15, -0.1) is 0 Å². The number of rotatable bonds is 3. The zero-order valence-corrected chi connectivity index (χ0v) is 12.7. The van der Waals surface area contributed by atoms with Gasteiger partial charge in [0.15, 0.2) is 0 Å². The van der Waals surface area contributed by atoms with Gasteiger partial charge >= 0.3 is 0 Å². The van der Waals surface area contributed by atoms with Crippen molar-refractivity contribution in [2.24, 2.45) is 5.73 Å². The number of benzene rings is 1. The first-order valence-corrected chi connectivity index (χ1v) is 8.19. The van der Waals surface area contributed by atoms with Gasteiger partial charge in [-0.25, -0.2) is 8.42 Å². The molecule has 1 fully saturated rings. The van der Waals surface area contributed by atoms with E-state index in [9.17, 15) is 8.42 Å². The Balaban J connectivity index is 2.42. The number of hydrogen-bond donors (Lipinski definition) is 1. The molecule has 1 aliphatic heterocycles. The summed E-state index contributed by atoms with van der Waals surface area (Å²) < 4.78 is 26.5. The van der Waals surface area contributed by atoms with Crippen molar-refractivity contribution in [3.63, 3.8) is 0 Å². The van der Waals surface area contributed by atoms with Crippen LogP contribution in [0, 0.1) is 0 Å². The van der Waals surface area contributed by atoms with Crippen molar-refractivity contribution in [1.29, 1.82) is 0 Å². The smallest absolute Gasteiger partial charge is 0.244 e. The van der Waals surface area contributed by atoms with E-state index in [0.717, 1.165) is 5.56 Å². The second-order valence-electron chi connectivity index (χ2n) is 5.26. The van der Waals surface area contributed by atoms with Gasteiger partial charge in [-0.3, -0.25) is 0 Å². The van der Waals surface area contributed by atoms with Crippen LogP contribution >= 0.6 is 11.6 Å². The number of nitrogens with two attached hydrogens (primary N) is 1. The lowest BCUT2D eigenvalue weighted by Gasteiger charge is -2.18. The topological polar surface area (TPSA) is 63.4 Å². The number of halogens is 1. The van der Waals surface area contributed by atoms with E-state index in [1.807, 2.05) is 19.9 Å². The van der Waals surface area contributed by atoms with Crippen LogP contribution < -0.4 is 5.73 Å². The summed E-state index contributed by atoms with van der Waals surface area (Å²) in [5, 5.41) is 0.268. The van der Waals surface area contributed by atoms with Crippen molar-refractivity contribution in [2.75, 3.05) is 13.1 Å². The zero-order valence-electron chi connectivity index (χ0n) is 11.1. The molecule has 106 valence electrons. The van der Waals surface area contributed by atoms with Gasteiger partial charge < -0.3 is 5.73 Å². The summed E-state index contributed by atoms with van der Waals surface area (Å²) in [5.74, 6) is 0.257. The van der Waals surface area contributed by atoms with Gasteiger partial charge in [0.2, 0.25) is 10.0 Å². The van der Waals surface area contributed by atoms with Crippen LogP contribution in [0.15, 0.2) is 23.1 Å². The van der Waals surface area contributed by atoms with Gasteiger partial charge in [0, 0.05) is 19.1 Å². The number of sulfonamides is 1. The number of nitrogens with zero attached hydrogens (tertiary/aromatic N) is 1. The van der Waals surface area contributed by atoms with Crippen molar-refractivity contribution >= 4 is 21.6 Å². The summed E-state index contributed by atoms with van der Waals surface area (Å²) in [6, 6.07) is 5.11. The van der Waals surface area contributed by atoms with Crippen LogP contribution in [0.2, 0.25) is 5.02 Å². The Hall–Kier alpha value is -0.620. The molecule has 0 saturated carbocycles. The van der Waals surface area contributed by atoms with Gasteiger partial charge in [-0.2, -0.15) is 4.31 Å². The Morgan fingerprint density at radius 2 is 2.11 bits per heavy atom. The molecule has 2 N–H and O–H groups in total. The van der Waals surface area contributed by atoms with E-state index in [0.29, 0.717) is 19.5 Å². The van der Waals surface area contributed by atoms with Crippen LogP contribution in [0.4, 0.5) is 0 Å². The second-order valence-corrected chi connectivity index (χ2v) is 7.57. The molecule has 1 atom stereocenters. The first kappa shape index (κ1) is 14.8. The summed E-state index contributed by atoms with van der Waals surface area (Å²) in [4.78, 5) is 0.189. The monoisotopic (exact) mass is 302 g/mol. The first-order valence-electron chi connectivity index (χ1n) is 6.37. The molecule has 4 nitrogen and oxygen atoms in total. The largest absolute Gasteiger partial charge is 0.326 e. The minimum absolute atomic E-state index is 0.0816. The highest BCUT2D eigenvalue weighted by Crippen LogP contribution is 2.29. The van der Waals surface area contributed by atoms with Crippen molar-refractivity contribution in [1.82, 2.24) is 4.31 Å². The third-order valence-corrected chi connectivity index (χ3v) is 5.77. The molecule has 0 amide bonds. The third kappa shape index (κ3) is 2.94. The first-order chi connectivity index (χ1) is 8.82. The molecule has 0 aliphatic carbocycles. The molecule has 1 aliphatic rings. The molecule has 6 heteroatoms. The number of hydrogen-bond acceptors (Lipinski definition) is 3. The molecule has 1 saturated heterocycles. The Morgan fingerprint density at radius 1 is 1.42 bits per heavy atom. The fourth-order valence-corrected chi connectivity index (χ4v) is 4.21. The molecule has 0 aromatic heterocycles. The Kier molecular flexibility index (Phi) is 4.20. The molecule has 1 heterocycles. The van der Waals surface area contributed by atoms with Crippen LogP contribution in [0.25, 0.3) is 0 Å². The van der Waals surface area contributed by atoms with E-state index in [4.69, 9.17) is 17.3 Å². The molecule has 0 unspecified atom stereocenters. The fourth-order valence-electron chi connectivity index (χ4n) is 2.19. The Bertz CT molecular complexity index is 572. The molecule has 19 heavy (non-hydrogen) atoms. The van der Waals surface area contributed by atoms with Gasteiger partial charge in [-0.1, -0.05) is 31.5 Å². The van der Waals surface area contributed by atoms with Gasteiger partial charge in [0.1, 0.15) is 4.90 Å². The van der Waals surface area contributed by atoms with Gasteiger partial charge in [0.25, 0.3) is 0 Å². The summed E-state index contributed by atoms with van der Waals surface area (Å²) in [5.41, 5.74) is 6.74. The Morgan fingerprint density at radius 3 is 2.63 bits per heavy atom. The van der Waals surface area contributed by atoms with Crippen LogP contribution in [0.5, 0.6) is 0 Å². The van der Waals surface area contributed by atoms with Gasteiger partial charge in [0.05, 0.1) is 5.02 Å². The van der Waals surface area contributed by atoms with Crippen molar-refractivity contribution in [3.8, 4) is 0 Å². The molecule has 1 aromatic carbocycles. The average Bonchev–Trinajstić information content (AvgIpc) is 2.76. The molecular formula is C13H19ClN2O2S. The third-order valence-electron chi connectivity index (χ3n) is 3.43. The molecule has 2 rings (SSSR count). The standard InChI is InChI=1S/C13H19ClN2O2S/c1-9(2)10-3-4-12(14)13(7-10)19(17,18)16-6-5-11(15)8-16/h3-4,7,9,11H,5-6,8,15H2,1-2H3/t11-/m0/s1. The van der Waals surface area contributed by atoms with Crippen LogP contribution in [0.1, 0.15) is 31.7 Å². The molecule has 0 bridgehead atoms. The maximum atomic E-state index is 12.6. The van der Waals surface area contributed by atoms with Gasteiger partial charge in [-0.05, 0) is 30.0 Å². The van der Waals surface area contributed by atoms with E-state index in [-0.39, 0.29) is 21.9 Å². The fraction of sp³-hybridized carbons (Fsp3) is 0.538. The highest BCUT2D eigenvalue weighted by Gasteiger charge is 2.32. The average molecular weight is 303 g/mol. The summed E-state index contributed by atoms with van der Waals surface area (Å²) in [6.45, 7) is 4.87. The van der Waals surface area contributed by atoms with Crippen LogP contribution in [0.3, 0.4) is 0 Å². The molecule has 0 radical (unpaired) electrons.